The fourth-order valence-corrected chi connectivity index (χ4v) is 3.69. The van der Waals surface area contributed by atoms with Crippen molar-refractivity contribution in [2.75, 3.05) is 5.32 Å². The van der Waals surface area contributed by atoms with Crippen molar-refractivity contribution in [2.24, 2.45) is 0 Å². The van der Waals surface area contributed by atoms with Crippen LogP contribution in [0.1, 0.15) is 59.1 Å². The van der Waals surface area contributed by atoms with Gasteiger partial charge in [-0.25, -0.2) is 0 Å². The van der Waals surface area contributed by atoms with Gasteiger partial charge in [-0.05, 0) is 37.2 Å². The first-order valence-electron chi connectivity index (χ1n) is 7.11. The summed E-state index contributed by atoms with van der Waals surface area (Å²) in [6, 6.07) is 1.90. The number of anilines is 1. The highest BCUT2D eigenvalue weighted by atomic mass is 32.1. The summed E-state index contributed by atoms with van der Waals surface area (Å²) in [7, 11) is 0. The van der Waals surface area contributed by atoms with Crippen LogP contribution in [0.25, 0.3) is 0 Å². The van der Waals surface area contributed by atoms with Crippen molar-refractivity contribution in [1.82, 2.24) is 10.2 Å². The molecule has 1 aliphatic carbocycles. The highest BCUT2D eigenvalue weighted by Crippen LogP contribution is 2.30. The van der Waals surface area contributed by atoms with E-state index in [0.717, 1.165) is 24.1 Å². The van der Waals surface area contributed by atoms with Crippen LogP contribution in [0.5, 0.6) is 0 Å². The molecule has 0 saturated heterocycles. The summed E-state index contributed by atoms with van der Waals surface area (Å²) < 4.78 is 0. The number of aryl methyl sites for hydroxylation is 1. The Balaban J connectivity index is 1.77. The fourth-order valence-electron chi connectivity index (χ4n) is 2.56. The van der Waals surface area contributed by atoms with Crippen LogP contribution in [0, 0.1) is 0 Å². The maximum atomic E-state index is 12.4. The molecule has 2 N–H and O–H groups in total. The standard InChI is InChI=1S/C15H19N3OS/c1-9(2)12-7-14(18-17-12)16-15(19)11-8-20-13-6-4-3-5-10(11)13/h7-9H,3-6H2,1-2H3,(H2,16,17,18,19). The minimum Gasteiger partial charge on any atom is -0.305 e. The van der Waals surface area contributed by atoms with Crippen LogP contribution in [-0.2, 0) is 12.8 Å². The van der Waals surface area contributed by atoms with Gasteiger partial charge >= 0.3 is 0 Å². The lowest BCUT2D eigenvalue weighted by molar-refractivity contribution is 0.102. The molecular weight excluding hydrogens is 270 g/mol. The Hall–Kier alpha value is -1.62. The number of H-pyrrole nitrogens is 1. The van der Waals surface area contributed by atoms with Crippen LogP contribution in [0.15, 0.2) is 11.4 Å². The molecule has 5 heteroatoms. The first-order valence-corrected chi connectivity index (χ1v) is 7.99. The third-order valence-corrected chi connectivity index (χ3v) is 4.86. The average molecular weight is 289 g/mol. The molecule has 4 nitrogen and oxygen atoms in total. The third-order valence-electron chi connectivity index (χ3n) is 3.77. The van der Waals surface area contributed by atoms with Gasteiger partial charge in [0.25, 0.3) is 5.91 Å². The largest absolute Gasteiger partial charge is 0.305 e. The Morgan fingerprint density at radius 3 is 2.95 bits per heavy atom. The molecule has 0 radical (unpaired) electrons. The molecule has 0 aromatic carbocycles. The number of carbonyl (C=O) groups excluding carboxylic acids is 1. The Kier molecular flexibility index (Phi) is 3.61. The lowest BCUT2D eigenvalue weighted by atomic mass is 9.96. The number of aromatic nitrogens is 2. The topological polar surface area (TPSA) is 57.8 Å². The number of nitrogens with zero attached hydrogens (tertiary/aromatic N) is 1. The molecule has 0 unspecified atom stereocenters. The van der Waals surface area contributed by atoms with Gasteiger partial charge in [-0.2, -0.15) is 5.10 Å². The van der Waals surface area contributed by atoms with Crippen molar-refractivity contribution in [3.05, 3.63) is 33.1 Å². The summed E-state index contributed by atoms with van der Waals surface area (Å²) in [5.74, 6) is 0.947. The van der Waals surface area contributed by atoms with Gasteiger partial charge < -0.3 is 5.32 Å². The Labute approximate surface area is 122 Å². The van der Waals surface area contributed by atoms with Gasteiger partial charge in [0, 0.05) is 22.0 Å². The summed E-state index contributed by atoms with van der Waals surface area (Å²) in [6.07, 6.45) is 4.57. The molecule has 0 atom stereocenters. The van der Waals surface area contributed by atoms with E-state index < -0.39 is 0 Å². The SMILES string of the molecule is CC(C)c1cc(NC(=O)c2csc3c2CCCC3)n[nH]1. The van der Waals surface area contributed by atoms with Gasteiger partial charge in [0.2, 0.25) is 0 Å². The number of carbonyl (C=O) groups is 1. The van der Waals surface area contributed by atoms with Gasteiger partial charge in [-0.15, -0.1) is 11.3 Å². The summed E-state index contributed by atoms with van der Waals surface area (Å²) in [6.45, 7) is 4.18. The van der Waals surface area contributed by atoms with E-state index in [4.69, 9.17) is 0 Å². The van der Waals surface area contributed by atoms with Gasteiger partial charge in [0.15, 0.2) is 5.82 Å². The second-order valence-electron chi connectivity index (χ2n) is 5.58. The summed E-state index contributed by atoms with van der Waals surface area (Å²) in [4.78, 5) is 13.7. The van der Waals surface area contributed by atoms with Gasteiger partial charge in [-0.3, -0.25) is 9.89 Å². The number of hydrogen-bond donors (Lipinski definition) is 2. The van der Waals surface area contributed by atoms with Crippen LogP contribution in [-0.4, -0.2) is 16.1 Å². The minimum atomic E-state index is -0.0359. The lowest BCUT2D eigenvalue weighted by Crippen LogP contribution is -2.14. The summed E-state index contributed by atoms with van der Waals surface area (Å²) in [5.41, 5.74) is 3.12. The number of thiophene rings is 1. The number of nitrogens with one attached hydrogen (secondary N) is 2. The molecule has 2 aromatic heterocycles. The number of hydrogen-bond acceptors (Lipinski definition) is 3. The van der Waals surface area contributed by atoms with Gasteiger partial charge in [0.05, 0.1) is 5.56 Å². The highest BCUT2D eigenvalue weighted by Gasteiger charge is 2.20. The number of amides is 1. The molecule has 0 fully saturated rings. The lowest BCUT2D eigenvalue weighted by Gasteiger charge is -2.12. The predicted octanol–water partition coefficient (Wildman–Crippen LogP) is 3.73. The predicted molar refractivity (Wildman–Crippen MR) is 81.6 cm³/mol. The van der Waals surface area contributed by atoms with Crippen molar-refractivity contribution in [3.63, 3.8) is 0 Å². The molecule has 3 rings (SSSR count). The Morgan fingerprint density at radius 1 is 1.40 bits per heavy atom. The molecule has 0 aliphatic heterocycles. The van der Waals surface area contributed by atoms with E-state index in [2.05, 4.69) is 29.4 Å². The molecule has 106 valence electrons. The zero-order valence-electron chi connectivity index (χ0n) is 11.8. The van der Waals surface area contributed by atoms with Crippen molar-refractivity contribution in [2.45, 2.75) is 45.4 Å². The van der Waals surface area contributed by atoms with E-state index in [0.29, 0.717) is 11.7 Å². The number of aromatic amines is 1. The molecule has 2 heterocycles. The van der Waals surface area contributed by atoms with E-state index in [1.807, 2.05) is 11.4 Å². The monoisotopic (exact) mass is 289 g/mol. The van der Waals surface area contributed by atoms with E-state index in [1.165, 1.54) is 23.3 Å². The second kappa shape index (κ2) is 5.40. The zero-order valence-corrected chi connectivity index (χ0v) is 12.6. The first kappa shape index (κ1) is 13.4. The van der Waals surface area contributed by atoms with Crippen molar-refractivity contribution in [3.8, 4) is 0 Å². The molecule has 0 bridgehead atoms. The van der Waals surface area contributed by atoms with Crippen molar-refractivity contribution in [1.29, 1.82) is 0 Å². The fraction of sp³-hybridized carbons (Fsp3) is 0.467. The maximum Gasteiger partial charge on any atom is 0.257 e. The molecule has 0 spiro atoms. The van der Waals surface area contributed by atoms with E-state index in [-0.39, 0.29) is 5.91 Å². The Morgan fingerprint density at radius 2 is 2.20 bits per heavy atom. The van der Waals surface area contributed by atoms with Crippen LogP contribution in [0.3, 0.4) is 0 Å². The first-order chi connectivity index (χ1) is 9.65. The van der Waals surface area contributed by atoms with Crippen LogP contribution in [0.2, 0.25) is 0 Å². The van der Waals surface area contributed by atoms with Crippen molar-refractivity contribution >= 4 is 23.1 Å². The van der Waals surface area contributed by atoms with Gasteiger partial charge in [0.1, 0.15) is 0 Å². The smallest absolute Gasteiger partial charge is 0.257 e. The molecule has 20 heavy (non-hydrogen) atoms. The molecule has 2 aromatic rings. The van der Waals surface area contributed by atoms with Crippen molar-refractivity contribution < 1.29 is 4.79 Å². The van der Waals surface area contributed by atoms with E-state index in [1.54, 1.807) is 11.3 Å². The van der Waals surface area contributed by atoms with Gasteiger partial charge in [-0.1, -0.05) is 13.8 Å². The normalized spacial score (nSPS) is 14.3. The number of rotatable bonds is 3. The number of fused-ring (bicyclic) bond motifs is 1. The summed E-state index contributed by atoms with van der Waals surface area (Å²) >= 11 is 1.71. The quantitative estimate of drug-likeness (QED) is 0.904. The van der Waals surface area contributed by atoms with Crippen LogP contribution < -0.4 is 5.32 Å². The molecular formula is C15H19N3OS. The third kappa shape index (κ3) is 2.50. The molecule has 1 aliphatic rings. The zero-order chi connectivity index (χ0) is 14.1. The van der Waals surface area contributed by atoms with E-state index in [9.17, 15) is 4.79 Å². The molecule has 1 amide bonds. The highest BCUT2D eigenvalue weighted by molar-refractivity contribution is 7.10. The average Bonchev–Trinajstić information content (AvgIpc) is 3.04. The second-order valence-corrected chi connectivity index (χ2v) is 6.54. The molecule has 0 saturated carbocycles. The van der Waals surface area contributed by atoms with E-state index >= 15 is 0 Å². The minimum absolute atomic E-state index is 0.0359. The summed E-state index contributed by atoms with van der Waals surface area (Å²) in [5, 5.41) is 12.0. The maximum absolute atomic E-state index is 12.4. The Bertz CT molecular complexity index is 627. The van der Waals surface area contributed by atoms with Crippen LogP contribution >= 0.6 is 11.3 Å². The van der Waals surface area contributed by atoms with Crippen LogP contribution in [0.4, 0.5) is 5.82 Å².